The largest absolute Gasteiger partial charge is 0.481 e. The lowest BCUT2D eigenvalue weighted by Gasteiger charge is -2.28. The molecule has 2 amide bonds. The van der Waals surface area contributed by atoms with Crippen LogP contribution in [0.3, 0.4) is 0 Å². The lowest BCUT2D eigenvalue weighted by Crippen LogP contribution is -2.50. The first-order valence-corrected chi connectivity index (χ1v) is 9.36. The van der Waals surface area contributed by atoms with E-state index in [0.29, 0.717) is 32.1 Å². The summed E-state index contributed by atoms with van der Waals surface area (Å²) in [6.07, 6.45) is 4.11. The van der Waals surface area contributed by atoms with E-state index in [0.717, 1.165) is 12.0 Å². The van der Waals surface area contributed by atoms with E-state index in [1.807, 2.05) is 37.3 Å². The molecule has 1 aliphatic carbocycles. The Hall–Kier alpha value is -2.37. The Labute approximate surface area is 154 Å². The Balaban J connectivity index is 1.84. The Kier molecular flexibility index (Phi) is 7.63. The van der Waals surface area contributed by atoms with Gasteiger partial charge >= 0.3 is 5.97 Å². The SMILES string of the molecule is CCCC(NC(=O)Cc1ccccc1)C(=O)NC1CCC(C(=O)O)CC1. The van der Waals surface area contributed by atoms with Gasteiger partial charge in [-0.25, -0.2) is 0 Å². The topological polar surface area (TPSA) is 95.5 Å². The summed E-state index contributed by atoms with van der Waals surface area (Å²) in [5, 5.41) is 14.9. The van der Waals surface area contributed by atoms with E-state index in [-0.39, 0.29) is 30.2 Å². The number of hydrogen-bond acceptors (Lipinski definition) is 3. The van der Waals surface area contributed by atoms with Gasteiger partial charge in [0.15, 0.2) is 0 Å². The highest BCUT2D eigenvalue weighted by atomic mass is 16.4. The van der Waals surface area contributed by atoms with Crippen molar-refractivity contribution in [2.75, 3.05) is 0 Å². The fourth-order valence-electron chi connectivity index (χ4n) is 3.37. The van der Waals surface area contributed by atoms with Crippen LogP contribution < -0.4 is 10.6 Å². The van der Waals surface area contributed by atoms with Crippen LogP contribution in [0.25, 0.3) is 0 Å². The molecule has 1 aromatic rings. The first kappa shape index (κ1) is 19.9. The molecule has 6 heteroatoms. The molecule has 0 radical (unpaired) electrons. The number of hydrogen-bond donors (Lipinski definition) is 3. The van der Waals surface area contributed by atoms with Gasteiger partial charge in [0.05, 0.1) is 12.3 Å². The number of amides is 2. The van der Waals surface area contributed by atoms with Crippen molar-refractivity contribution in [3.8, 4) is 0 Å². The van der Waals surface area contributed by atoms with E-state index in [1.54, 1.807) is 0 Å². The summed E-state index contributed by atoms with van der Waals surface area (Å²) >= 11 is 0. The zero-order valence-electron chi connectivity index (χ0n) is 15.2. The summed E-state index contributed by atoms with van der Waals surface area (Å²) in [7, 11) is 0. The van der Waals surface area contributed by atoms with Gasteiger partial charge < -0.3 is 15.7 Å². The minimum atomic E-state index is -0.758. The summed E-state index contributed by atoms with van der Waals surface area (Å²) in [4.78, 5) is 35.8. The zero-order valence-corrected chi connectivity index (χ0v) is 15.2. The van der Waals surface area contributed by atoms with Gasteiger partial charge in [-0.2, -0.15) is 0 Å². The van der Waals surface area contributed by atoms with Crippen molar-refractivity contribution in [1.29, 1.82) is 0 Å². The van der Waals surface area contributed by atoms with Crippen LogP contribution in [0.15, 0.2) is 30.3 Å². The molecule has 1 atom stereocenters. The summed E-state index contributed by atoms with van der Waals surface area (Å²) in [6, 6.07) is 8.87. The quantitative estimate of drug-likeness (QED) is 0.663. The van der Waals surface area contributed by atoms with E-state index in [1.165, 1.54) is 0 Å². The molecular formula is C20H28N2O4. The van der Waals surface area contributed by atoms with Gasteiger partial charge in [-0.3, -0.25) is 14.4 Å². The third-order valence-electron chi connectivity index (χ3n) is 4.86. The average molecular weight is 360 g/mol. The number of aliphatic carboxylic acids is 1. The molecule has 1 aromatic carbocycles. The Bertz CT molecular complexity index is 609. The summed E-state index contributed by atoms with van der Waals surface area (Å²) in [5.74, 6) is -1.40. The van der Waals surface area contributed by atoms with Crippen LogP contribution in [-0.2, 0) is 20.8 Å². The van der Waals surface area contributed by atoms with Crippen LogP contribution in [0.2, 0.25) is 0 Å². The first-order valence-electron chi connectivity index (χ1n) is 9.36. The van der Waals surface area contributed by atoms with Crippen LogP contribution in [0, 0.1) is 5.92 Å². The smallest absolute Gasteiger partial charge is 0.306 e. The van der Waals surface area contributed by atoms with Crippen molar-refractivity contribution in [2.24, 2.45) is 5.92 Å². The molecule has 1 unspecified atom stereocenters. The fraction of sp³-hybridized carbons (Fsp3) is 0.550. The number of carbonyl (C=O) groups is 3. The summed E-state index contributed by atoms with van der Waals surface area (Å²) in [6.45, 7) is 1.97. The van der Waals surface area contributed by atoms with Crippen molar-refractivity contribution in [1.82, 2.24) is 10.6 Å². The predicted octanol–water partition coefficient (Wildman–Crippen LogP) is 2.27. The lowest BCUT2D eigenvalue weighted by molar-refractivity contribution is -0.143. The van der Waals surface area contributed by atoms with E-state index in [4.69, 9.17) is 5.11 Å². The van der Waals surface area contributed by atoms with E-state index >= 15 is 0 Å². The number of nitrogens with one attached hydrogen (secondary N) is 2. The third kappa shape index (κ3) is 6.17. The first-order chi connectivity index (χ1) is 12.5. The van der Waals surface area contributed by atoms with Crippen LogP contribution in [0.1, 0.15) is 51.0 Å². The van der Waals surface area contributed by atoms with Crippen LogP contribution in [0.4, 0.5) is 0 Å². The zero-order chi connectivity index (χ0) is 18.9. The van der Waals surface area contributed by atoms with Gasteiger partial charge in [0.25, 0.3) is 0 Å². The highest BCUT2D eigenvalue weighted by Gasteiger charge is 2.28. The Morgan fingerprint density at radius 1 is 1.12 bits per heavy atom. The van der Waals surface area contributed by atoms with Crippen LogP contribution >= 0.6 is 0 Å². The van der Waals surface area contributed by atoms with E-state index < -0.39 is 12.0 Å². The number of carbonyl (C=O) groups excluding carboxylic acids is 2. The molecular weight excluding hydrogens is 332 g/mol. The number of carboxylic acids is 1. The summed E-state index contributed by atoms with van der Waals surface area (Å²) in [5.41, 5.74) is 0.910. The minimum absolute atomic E-state index is 0.0107. The monoisotopic (exact) mass is 360 g/mol. The predicted molar refractivity (Wildman–Crippen MR) is 98.5 cm³/mol. The normalized spacial score (nSPS) is 20.8. The van der Waals surface area contributed by atoms with Gasteiger partial charge in [0.1, 0.15) is 6.04 Å². The van der Waals surface area contributed by atoms with Crippen molar-refractivity contribution < 1.29 is 19.5 Å². The molecule has 0 heterocycles. The molecule has 26 heavy (non-hydrogen) atoms. The molecule has 6 nitrogen and oxygen atoms in total. The maximum absolute atomic E-state index is 12.6. The van der Waals surface area contributed by atoms with E-state index in [9.17, 15) is 14.4 Å². The molecule has 1 fully saturated rings. The molecule has 0 aromatic heterocycles. The van der Waals surface area contributed by atoms with Crippen molar-refractivity contribution >= 4 is 17.8 Å². The maximum Gasteiger partial charge on any atom is 0.306 e. The van der Waals surface area contributed by atoms with Gasteiger partial charge in [0, 0.05) is 6.04 Å². The molecule has 1 saturated carbocycles. The summed E-state index contributed by atoms with van der Waals surface area (Å²) < 4.78 is 0. The standard InChI is InChI=1S/C20H28N2O4/c1-2-6-17(22-18(23)13-14-7-4-3-5-8-14)19(24)21-16-11-9-15(10-12-16)20(25)26/h3-5,7-8,15-17H,2,6,9-13H2,1H3,(H,21,24)(H,22,23)(H,25,26). The second-order valence-corrected chi connectivity index (χ2v) is 6.97. The fourth-order valence-corrected chi connectivity index (χ4v) is 3.37. The molecule has 2 rings (SSSR count). The molecule has 142 valence electrons. The second-order valence-electron chi connectivity index (χ2n) is 6.97. The van der Waals surface area contributed by atoms with Crippen molar-refractivity contribution in [3.05, 3.63) is 35.9 Å². The molecule has 0 spiro atoms. The van der Waals surface area contributed by atoms with Crippen molar-refractivity contribution in [2.45, 2.75) is 64.0 Å². The van der Waals surface area contributed by atoms with Crippen molar-refractivity contribution in [3.63, 3.8) is 0 Å². The van der Waals surface area contributed by atoms with Crippen LogP contribution in [-0.4, -0.2) is 35.0 Å². The molecule has 0 aliphatic heterocycles. The van der Waals surface area contributed by atoms with Gasteiger partial charge in [-0.05, 0) is 37.7 Å². The highest BCUT2D eigenvalue weighted by molar-refractivity contribution is 5.88. The van der Waals surface area contributed by atoms with Gasteiger partial charge in [-0.1, -0.05) is 43.7 Å². The maximum atomic E-state index is 12.6. The van der Waals surface area contributed by atoms with E-state index in [2.05, 4.69) is 10.6 Å². The molecule has 3 N–H and O–H groups in total. The number of rotatable bonds is 8. The van der Waals surface area contributed by atoms with Gasteiger partial charge in [-0.15, -0.1) is 0 Å². The minimum Gasteiger partial charge on any atom is -0.481 e. The molecule has 1 aliphatic rings. The molecule has 0 bridgehead atoms. The van der Waals surface area contributed by atoms with Crippen LogP contribution in [0.5, 0.6) is 0 Å². The lowest BCUT2D eigenvalue weighted by atomic mass is 9.86. The number of carboxylic acid groups (broad SMARTS) is 1. The third-order valence-corrected chi connectivity index (χ3v) is 4.86. The molecule has 0 saturated heterocycles. The Morgan fingerprint density at radius 2 is 1.77 bits per heavy atom. The average Bonchev–Trinajstić information content (AvgIpc) is 2.62. The Morgan fingerprint density at radius 3 is 2.35 bits per heavy atom. The highest BCUT2D eigenvalue weighted by Crippen LogP contribution is 2.24. The van der Waals surface area contributed by atoms with Gasteiger partial charge in [0.2, 0.25) is 11.8 Å². The second kappa shape index (κ2) is 9.94. The number of benzene rings is 1.